The molecule has 0 saturated carbocycles. The van der Waals surface area contributed by atoms with Crippen LogP contribution in [0.5, 0.6) is 0 Å². The molecule has 1 heterocycles. The Morgan fingerprint density at radius 2 is 1.65 bits per heavy atom. The van der Waals surface area contributed by atoms with E-state index in [-0.39, 0.29) is 18.9 Å². The highest BCUT2D eigenvalue weighted by Crippen LogP contribution is 2.37. The molecule has 0 radical (unpaired) electrons. The molecule has 0 aliphatic carbocycles. The minimum atomic E-state index is -0.898. The zero-order valence-electron chi connectivity index (χ0n) is 20.3. The van der Waals surface area contributed by atoms with Gasteiger partial charge in [-0.05, 0) is 90.0 Å². The fourth-order valence-corrected chi connectivity index (χ4v) is 3.55. The Kier molecular flexibility index (Phi) is 7.30. The van der Waals surface area contributed by atoms with E-state index in [1.54, 1.807) is 0 Å². The summed E-state index contributed by atoms with van der Waals surface area (Å²) in [5, 5.41) is 12.6. The summed E-state index contributed by atoms with van der Waals surface area (Å²) in [7, 11) is -0.595. The van der Waals surface area contributed by atoms with Crippen molar-refractivity contribution in [1.82, 2.24) is 5.32 Å². The lowest BCUT2D eigenvalue weighted by Gasteiger charge is -2.32. The van der Waals surface area contributed by atoms with Gasteiger partial charge in [-0.25, -0.2) is 0 Å². The molecule has 0 amide bonds. The van der Waals surface area contributed by atoms with Crippen LogP contribution in [-0.2, 0) is 36.6 Å². The van der Waals surface area contributed by atoms with Gasteiger partial charge in [-0.3, -0.25) is 9.59 Å². The third-order valence-corrected chi connectivity index (χ3v) is 5.99. The van der Waals surface area contributed by atoms with Crippen molar-refractivity contribution in [2.24, 2.45) is 0 Å². The molecular weight excluding hydrogens is 397 g/mol. The van der Waals surface area contributed by atoms with Gasteiger partial charge in [0.05, 0.1) is 24.2 Å². The van der Waals surface area contributed by atoms with Gasteiger partial charge in [0.15, 0.2) is 0 Å². The van der Waals surface area contributed by atoms with Gasteiger partial charge in [0, 0.05) is 6.54 Å². The fourth-order valence-electron chi connectivity index (χ4n) is 3.55. The van der Waals surface area contributed by atoms with Gasteiger partial charge in [0.1, 0.15) is 5.60 Å². The van der Waals surface area contributed by atoms with Gasteiger partial charge in [-0.1, -0.05) is 6.07 Å². The Morgan fingerprint density at radius 1 is 1.10 bits per heavy atom. The Balaban J connectivity index is 2.33. The molecule has 1 aromatic rings. The van der Waals surface area contributed by atoms with Gasteiger partial charge in [0.2, 0.25) is 0 Å². The van der Waals surface area contributed by atoms with Crippen molar-refractivity contribution < 1.29 is 28.7 Å². The highest BCUT2D eigenvalue weighted by atomic mass is 16.7. The molecule has 2 N–H and O–H groups in total. The van der Waals surface area contributed by atoms with E-state index in [0.29, 0.717) is 6.54 Å². The molecule has 31 heavy (non-hydrogen) atoms. The van der Waals surface area contributed by atoms with Gasteiger partial charge in [0.25, 0.3) is 0 Å². The highest BCUT2D eigenvalue weighted by Gasteiger charge is 2.52. The van der Waals surface area contributed by atoms with Crippen LogP contribution in [0.4, 0.5) is 0 Å². The molecule has 1 fully saturated rings. The molecule has 0 aromatic heterocycles. The minimum Gasteiger partial charge on any atom is -0.481 e. The van der Waals surface area contributed by atoms with E-state index in [1.165, 1.54) is 0 Å². The maximum absolute atomic E-state index is 12.0. The number of carbonyl (C=O) groups is 2. The van der Waals surface area contributed by atoms with Crippen LogP contribution in [0.2, 0.25) is 0 Å². The average Bonchev–Trinajstić information content (AvgIpc) is 2.79. The minimum absolute atomic E-state index is 0.0602. The van der Waals surface area contributed by atoms with Crippen molar-refractivity contribution >= 4 is 24.5 Å². The number of benzene rings is 1. The van der Waals surface area contributed by atoms with Crippen molar-refractivity contribution in [3.8, 4) is 0 Å². The second-order valence-electron chi connectivity index (χ2n) is 10.2. The number of nitrogens with one attached hydrogen (secondary N) is 1. The number of hydrogen-bond acceptors (Lipinski definition) is 6. The first-order valence-corrected chi connectivity index (χ1v) is 10.7. The quantitative estimate of drug-likeness (QED) is 0.504. The van der Waals surface area contributed by atoms with E-state index in [1.807, 2.05) is 68.4 Å². The maximum atomic E-state index is 12.0. The largest absolute Gasteiger partial charge is 0.495 e. The maximum Gasteiger partial charge on any atom is 0.495 e. The number of carboxylic acid groups (broad SMARTS) is 1. The zero-order valence-corrected chi connectivity index (χ0v) is 20.3. The van der Waals surface area contributed by atoms with Crippen molar-refractivity contribution in [3.05, 3.63) is 28.3 Å². The summed E-state index contributed by atoms with van der Waals surface area (Å²) in [5.74, 6) is -1.24. The second-order valence-corrected chi connectivity index (χ2v) is 10.2. The average molecular weight is 433 g/mol. The third-order valence-electron chi connectivity index (χ3n) is 5.99. The van der Waals surface area contributed by atoms with Crippen LogP contribution < -0.4 is 10.8 Å². The number of carbonyl (C=O) groups excluding carboxylic acids is 1. The molecule has 1 aliphatic rings. The first-order chi connectivity index (χ1) is 14.0. The Morgan fingerprint density at radius 3 is 2.13 bits per heavy atom. The van der Waals surface area contributed by atoms with Crippen molar-refractivity contribution in [2.45, 2.75) is 92.1 Å². The summed E-state index contributed by atoms with van der Waals surface area (Å²) in [6.45, 7) is 17.7. The molecule has 172 valence electrons. The summed E-state index contributed by atoms with van der Waals surface area (Å²) in [4.78, 5) is 23.5. The van der Waals surface area contributed by atoms with E-state index in [9.17, 15) is 14.7 Å². The van der Waals surface area contributed by atoms with Crippen molar-refractivity contribution in [1.29, 1.82) is 0 Å². The number of ether oxygens (including phenoxy) is 1. The number of carboxylic acids is 1. The SMILES string of the molecule is Cc1c(CNCC(=O)OC(C)(C)C)cc(B2OC(C)(C)C(C)(C)O2)c(C)c1CC(=O)O. The third kappa shape index (κ3) is 6.08. The smallest absolute Gasteiger partial charge is 0.481 e. The van der Waals surface area contributed by atoms with Crippen LogP contribution >= 0.6 is 0 Å². The van der Waals surface area contributed by atoms with Crippen LogP contribution in [0, 0.1) is 13.8 Å². The van der Waals surface area contributed by atoms with Crippen LogP contribution in [0.3, 0.4) is 0 Å². The molecule has 2 rings (SSSR count). The predicted octanol–water partition coefficient (Wildman–Crippen LogP) is 2.66. The molecule has 0 atom stereocenters. The summed E-state index contributed by atoms with van der Waals surface area (Å²) >= 11 is 0. The highest BCUT2D eigenvalue weighted by molar-refractivity contribution is 6.62. The lowest BCUT2D eigenvalue weighted by molar-refractivity contribution is -0.153. The monoisotopic (exact) mass is 433 g/mol. The standard InChI is InChI=1S/C23H36BNO6/c1-14-16(12-25-13-20(28)29-21(3,4)5)10-18(15(2)17(14)11-19(26)27)24-30-22(6,7)23(8,9)31-24/h10,25H,11-13H2,1-9H3,(H,26,27). The van der Waals surface area contributed by atoms with E-state index >= 15 is 0 Å². The lowest BCUT2D eigenvalue weighted by atomic mass is 9.72. The van der Waals surface area contributed by atoms with Gasteiger partial charge in [-0.2, -0.15) is 0 Å². The van der Waals surface area contributed by atoms with E-state index in [4.69, 9.17) is 14.0 Å². The zero-order chi connectivity index (χ0) is 23.8. The van der Waals surface area contributed by atoms with Crippen LogP contribution in [-0.4, -0.2) is 47.5 Å². The topological polar surface area (TPSA) is 94.1 Å². The molecule has 7 nitrogen and oxygen atoms in total. The second kappa shape index (κ2) is 8.92. The van der Waals surface area contributed by atoms with E-state index in [0.717, 1.165) is 27.7 Å². The van der Waals surface area contributed by atoms with Crippen LogP contribution in [0.15, 0.2) is 6.07 Å². The predicted molar refractivity (Wildman–Crippen MR) is 121 cm³/mol. The number of hydrogen-bond donors (Lipinski definition) is 2. The van der Waals surface area contributed by atoms with E-state index < -0.39 is 29.9 Å². The molecule has 1 saturated heterocycles. The van der Waals surface area contributed by atoms with Gasteiger partial charge >= 0.3 is 19.1 Å². The Labute approximate surface area is 186 Å². The normalized spacial score (nSPS) is 17.6. The number of esters is 1. The Bertz CT molecular complexity index is 841. The summed E-state index contributed by atoms with van der Waals surface area (Å²) in [6.07, 6.45) is -0.0932. The molecular formula is C23H36BNO6. The lowest BCUT2D eigenvalue weighted by Crippen LogP contribution is -2.41. The van der Waals surface area contributed by atoms with Crippen molar-refractivity contribution in [2.75, 3.05) is 6.54 Å². The molecule has 8 heteroatoms. The Hall–Kier alpha value is -1.90. The van der Waals surface area contributed by atoms with E-state index in [2.05, 4.69) is 5.32 Å². The first kappa shape index (κ1) is 25.4. The summed E-state index contributed by atoms with van der Waals surface area (Å²) in [6, 6.07) is 1.99. The number of aliphatic carboxylic acids is 1. The number of rotatable bonds is 7. The molecule has 0 bridgehead atoms. The summed E-state index contributed by atoms with van der Waals surface area (Å²) in [5.41, 5.74) is 2.65. The van der Waals surface area contributed by atoms with Gasteiger partial charge < -0.3 is 24.5 Å². The van der Waals surface area contributed by atoms with Gasteiger partial charge in [-0.15, -0.1) is 0 Å². The molecule has 0 spiro atoms. The fraction of sp³-hybridized carbons (Fsp3) is 0.652. The summed E-state index contributed by atoms with van der Waals surface area (Å²) < 4.78 is 17.8. The first-order valence-electron chi connectivity index (χ1n) is 10.7. The molecule has 1 aromatic carbocycles. The van der Waals surface area contributed by atoms with Crippen molar-refractivity contribution in [3.63, 3.8) is 0 Å². The molecule has 0 unspecified atom stereocenters. The van der Waals surface area contributed by atoms with Crippen LogP contribution in [0.25, 0.3) is 0 Å². The molecule has 1 aliphatic heterocycles. The van der Waals surface area contributed by atoms with Crippen LogP contribution in [0.1, 0.15) is 70.7 Å².